The molecule has 0 saturated carbocycles. The zero-order chi connectivity index (χ0) is 16.3. The second-order valence-electron chi connectivity index (χ2n) is 6.33. The summed E-state index contributed by atoms with van der Waals surface area (Å²) in [4.78, 5) is 28.2. The van der Waals surface area contributed by atoms with E-state index in [9.17, 15) is 18.0 Å². The largest absolute Gasteiger partial charge is 0.342 e. The molecule has 2 saturated heterocycles. The van der Waals surface area contributed by atoms with Gasteiger partial charge in [0.25, 0.3) is 0 Å². The molecule has 2 amide bonds. The molecule has 0 N–H and O–H groups in total. The van der Waals surface area contributed by atoms with Gasteiger partial charge in [0.05, 0.1) is 17.4 Å². The minimum absolute atomic E-state index is 0.0420. The van der Waals surface area contributed by atoms with Crippen LogP contribution in [-0.4, -0.2) is 67.2 Å². The maximum absolute atomic E-state index is 12.6. The second-order valence-corrected chi connectivity index (χ2v) is 8.56. The molecule has 2 rings (SSSR count). The maximum atomic E-state index is 12.6. The third-order valence-electron chi connectivity index (χ3n) is 4.46. The fraction of sp³-hybridized carbons (Fsp3) is 0.867. The van der Waals surface area contributed by atoms with E-state index in [1.807, 2.05) is 18.7 Å². The van der Waals surface area contributed by atoms with Crippen molar-refractivity contribution in [1.82, 2.24) is 9.80 Å². The van der Waals surface area contributed by atoms with Crippen molar-refractivity contribution in [1.29, 1.82) is 0 Å². The van der Waals surface area contributed by atoms with Crippen molar-refractivity contribution in [3.8, 4) is 0 Å². The van der Waals surface area contributed by atoms with Gasteiger partial charge in [0, 0.05) is 32.1 Å². The van der Waals surface area contributed by atoms with Crippen molar-refractivity contribution in [2.75, 3.05) is 31.1 Å². The summed E-state index contributed by atoms with van der Waals surface area (Å²) in [6, 6.07) is -0.235. The van der Waals surface area contributed by atoms with Crippen molar-refractivity contribution in [2.24, 2.45) is 5.92 Å². The Morgan fingerprint density at radius 3 is 2.41 bits per heavy atom. The van der Waals surface area contributed by atoms with Gasteiger partial charge >= 0.3 is 0 Å². The molecular weight excluding hydrogens is 304 g/mol. The molecule has 0 aliphatic carbocycles. The van der Waals surface area contributed by atoms with Gasteiger partial charge in [0.15, 0.2) is 9.84 Å². The second kappa shape index (κ2) is 6.98. The van der Waals surface area contributed by atoms with Gasteiger partial charge < -0.3 is 9.80 Å². The van der Waals surface area contributed by atoms with Gasteiger partial charge in [-0.15, -0.1) is 0 Å². The predicted octanol–water partition coefficient (Wildman–Crippen LogP) is 0.671. The molecule has 2 heterocycles. The zero-order valence-electron chi connectivity index (χ0n) is 13.5. The van der Waals surface area contributed by atoms with Crippen LogP contribution in [0.1, 0.15) is 39.5 Å². The Bertz CT molecular complexity index is 526. The van der Waals surface area contributed by atoms with Gasteiger partial charge in [-0.05, 0) is 19.3 Å². The lowest BCUT2D eigenvalue weighted by Gasteiger charge is -2.26. The van der Waals surface area contributed by atoms with E-state index in [1.54, 1.807) is 4.90 Å². The summed E-state index contributed by atoms with van der Waals surface area (Å²) in [5.74, 6) is -0.145. The first-order valence-electron chi connectivity index (χ1n) is 8.16. The van der Waals surface area contributed by atoms with Crippen LogP contribution in [0.3, 0.4) is 0 Å². The summed E-state index contributed by atoms with van der Waals surface area (Å²) in [7, 11) is -3.02. The minimum atomic E-state index is -3.02. The summed E-state index contributed by atoms with van der Waals surface area (Å²) >= 11 is 0. The van der Waals surface area contributed by atoms with Crippen LogP contribution in [0.5, 0.6) is 0 Å². The monoisotopic (exact) mass is 330 g/mol. The van der Waals surface area contributed by atoms with Crippen LogP contribution in [0, 0.1) is 5.92 Å². The van der Waals surface area contributed by atoms with Gasteiger partial charge in [0.1, 0.15) is 0 Å². The predicted molar refractivity (Wildman–Crippen MR) is 84.0 cm³/mol. The van der Waals surface area contributed by atoms with E-state index >= 15 is 0 Å². The van der Waals surface area contributed by atoms with Gasteiger partial charge in [-0.3, -0.25) is 9.59 Å². The molecule has 6 nitrogen and oxygen atoms in total. The highest BCUT2D eigenvalue weighted by molar-refractivity contribution is 7.91. The molecule has 0 aromatic carbocycles. The molecule has 2 aliphatic rings. The Morgan fingerprint density at radius 1 is 1.27 bits per heavy atom. The Kier molecular flexibility index (Phi) is 5.47. The topological polar surface area (TPSA) is 74.8 Å². The molecule has 2 fully saturated rings. The van der Waals surface area contributed by atoms with Gasteiger partial charge in [0.2, 0.25) is 11.8 Å². The van der Waals surface area contributed by atoms with E-state index in [4.69, 9.17) is 0 Å². The lowest BCUT2D eigenvalue weighted by Crippen LogP contribution is -2.40. The van der Waals surface area contributed by atoms with Crippen LogP contribution in [0.15, 0.2) is 0 Å². The number of hydrogen-bond acceptors (Lipinski definition) is 4. The molecule has 0 radical (unpaired) electrons. The first-order chi connectivity index (χ1) is 10.4. The van der Waals surface area contributed by atoms with Crippen LogP contribution in [0.2, 0.25) is 0 Å². The van der Waals surface area contributed by atoms with Crippen LogP contribution >= 0.6 is 0 Å². The summed E-state index contributed by atoms with van der Waals surface area (Å²) < 4.78 is 23.2. The lowest BCUT2D eigenvalue weighted by atomic mass is 10.1. The number of likely N-dealkylation sites (tertiary alicyclic amines) is 1. The fourth-order valence-corrected chi connectivity index (χ4v) is 5.13. The molecule has 0 aromatic heterocycles. The normalized spacial score (nSPS) is 27.4. The van der Waals surface area contributed by atoms with E-state index in [2.05, 4.69) is 0 Å². The van der Waals surface area contributed by atoms with Gasteiger partial charge in [-0.25, -0.2) is 8.42 Å². The maximum Gasteiger partial charge on any atom is 0.227 e. The highest BCUT2D eigenvalue weighted by atomic mass is 32.2. The van der Waals surface area contributed by atoms with E-state index in [-0.39, 0.29) is 41.7 Å². The molecular formula is C15H26N2O4S. The number of carbonyl (C=O) groups is 2. The van der Waals surface area contributed by atoms with Crippen molar-refractivity contribution < 1.29 is 18.0 Å². The minimum Gasteiger partial charge on any atom is -0.342 e. The summed E-state index contributed by atoms with van der Waals surface area (Å²) in [5, 5.41) is 0. The number of rotatable bonds is 6. The first-order valence-corrected chi connectivity index (χ1v) is 9.98. The molecule has 2 atom stereocenters. The van der Waals surface area contributed by atoms with E-state index in [1.165, 1.54) is 0 Å². The third-order valence-corrected chi connectivity index (χ3v) is 6.21. The van der Waals surface area contributed by atoms with E-state index < -0.39 is 9.84 Å². The average molecular weight is 330 g/mol. The Morgan fingerprint density at radius 2 is 1.91 bits per heavy atom. The van der Waals surface area contributed by atoms with Crippen LogP contribution in [-0.2, 0) is 19.4 Å². The van der Waals surface area contributed by atoms with Gasteiger partial charge in [-0.1, -0.05) is 13.8 Å². The number of carbonyl (C=O) groups excluding carboxylic acids is 2. The van der Waals surface area contributed by atoms with Gasteiger partial charge in [-0.2, -0.15) is 0 Å². The number of sulfone groups is 1. The van der Waals surface area contributed by atoms with Crippen molar-refractivity contribution >= 4 is 21.7 Å². The Balaban J connectivity index is 2.00. The summed E-state index contributed by atoms with van der Waals surface area (Å²) in [5.41, 5.74) is 0. The average Bonchev–Trinajstić information content (AvgIpc) is 3.00. The van der Waals surface area contributed by atoms with Crippen molar-refractivity contribution in [3.05, 3.63) is 0 Å². The molecule has 126 valence electrons. The van der Waals surface area contributed by atoms with Crippen molar-refractivity contribution in [3.63, 3.8) is 0 Å². The quantitative estimate of drug-likeness (QED) is 0.717. The van der Waals surface area contributed by atoms with E-state index in [0.717, 1.165) is 25.9 Å². The number of nitrogens with zero attached hydrogens (tertiary/aromatic N) is 2. The van der Waals surface area contributed by atoms with E-state index in [0.29, 0.717) is 13.0 Å². The molecule has 0 spiro atoms. The van der Waals surface area contributed by atoms with Crippen molar-refractivity contribution in [2.45, 2.75) is 45.6 Å². The SMILES string of the molecule is CCCN(CCC)C(=O)C1CC(=O)N(C2CCS(=O)(=O)C2)C1. The smallest absolute Gasteiger partial charge is 0.227 e. The Hall–Kier alpha value is -1.11. The molecule has 2 aliphatic heterocycles. The highest BCUT2D eigenvalue weighted by Crippen LogP contribution is 2.27. The Labute approximate surface area is 132 Å². The van der Waals surface area contributed by atoms with Crippen LogP contribution < -0.4 is 0 Å². The lowest BCUT2D eigenvalue weighted by molar-refractivity contribution is -0.136. The number of hydrogen-bond donors (Lipinski definition) is 0. The fourth-order valence-electron chi connectivity index (χ4n) is 3.40. The zero-order valence-corrected chi connectivity index (χ0v) is 14.3. The number of amides is 2. The van der Waals surface area contributed by atoms with Crippen LogP contribution in [0.4, 0.5) is 0 Å². The molecule has 2 unspecified atom stereocenters. The molecule has 22 heavy (non-hydrogen) atoms. The van der Waals surface area contributed by atoms with Crippen LogP contribution in [0.25, 0.3) is 0 Å². The summed E-state index contributed by atoms with van der Waals surface area (Å²) in [6.07, 6.45) is 2.52. The first kappa shape index (κ1) is 17.2. The molecule has 0 bridgehead atoms. The highest BCUT2D eigenvalue weighted by Gasteiger charge is 2.42. The third kappa shape index (κ3) is 3.80. The molecule has 7 heteroatoms. The standard InChI is InChI=1S/C15H26N2O4S/c1-3-6-16(7-4-2)15(19)12-9-14(18)17(10-12)13-5-8-22(20,21)11-13/h12-13H,3-11H2,1-2H3. The summed E-state index contributed by atoms with van der Waals surface area (Å²) in [6.45, 7) is 5.88. The molecule has 0 aromatic rings.